The van der Waals surface area contributed by atoms with Crippen LogP contribution in [0.5, 0.6) is 5.75 Å². The second kappa shape index (κ2) is 7.57. The molecule has 7 nitrogen and oxygen atoms in total. The fraction of sp³-hybridized carbons (Fsp3) is 0.250. The summed E-state index contributed by atoms with van der Waals surface area (Å²) in [5.74, 6) is -0.570. The van der Waals surface area contributed by atoms with Crippen LogP contribution in [0.25, 0.3) is 0 Å². The maximum Gasteiger partial charge on any atom is 0.291 e. The quantitative estimate of drug-likeness (QED) is 0.332. The van der Waals surface area contributed by atoms with Crippen LogP contribution in [0.15, 0.2) is 39.9 Å². The van der Waals surface area contributed by atoms with E-state index in [9.17, 15) is 19.5 Å². The van der Waals surface area contributed by atoms with Crippen LogP contribution in [0.2, 0.25) is 0 Å². The first kappa shape index (κ1) is 19.8. The molecule has 8 heteroatoms. The molecule has 3 rings (SSSR count). The van der Waals surface area contributed by atoms with Gasteiger partial charge in [0.1, 0.15) is 0 Å². The lowest BCUT2D eigenvalue weighted by molar-refractivity contribution is -0.480. The summed E-state index contributed by atoms with van der Waals surface area (Å²) in [7, 11) is 3.18. The topological polar surface area (TPSA) is 103 Å². The minimum absolute atomic E-state index is 0.134. The number of rotatable bonds is 6. The molecule has 3 aromatic rings. The molecule has 0 saturated carbocycles. The van der Waals surface area contributed by atoms with E-state index >= 15 is 0 Å². The van der Waals surface area contributed by atoms with Crippen LogP contribution in [0.4, 0.5) is 17.1 Å². The lowest BCUT2D eigenvalue weighted by Crippen LogP contribution is -2.76. The summed E-state index contributed by atoms with van der Waals surface area (Å²) < 4.78 is 0. The number of anilines is 1. The number of aryl methyl sites for hydroxylation is 1. The van der Waals surface area contributed by atoms with Gasteiger partial charge in [0.05, 0.1) is 11.6 Å². The molecule has 0 radical (unpaired) electrons. The van der Waals surface area contributed by atoms with Gasteiger partial charge in [-0.1, -0.05) is 6.07 Å². The van der Waals surface area contributed by atoms with Crippen molar-refractivity contribution in [3.05, 3.63) is 66.1 Å². The minimum Gasteiger partial charge on any atom is -0.502 e. The van der Waals surface area contributed by atoms with Crippen LogP contribution in [0.1, 0.15) is 33.1 Å². The Hall–Kier alpha value is -2.97. The van der Waals surface area contributed by atoms with Crippen molar-refractivity contribution < 1.29 is 15.2 Å². The molecule has 146 valence electrons. The Morgan fingerprint density at radius 2 is 1.89 bits per heavy atom. The molecule has 0 aliphatic heterocycles. The number of phenolic OH excluding ortho intramolecular Hbond substituents is 1. The maximum atomic E-state index is 12.2. The zero-order valence-electron chi connectivity index (χ0n) is 16.1. The molecule has 28 heavy (non-hydrogen) atoms. The van der Waals surface area contributed by atoms with Crippen molar-refractivity contribution in [2.24, 2.45) is 0 Å². The molecular weight excluding hydrogens is 378 g/mol. The summed E-state index contributed by atoms with van der Waals surface area (Å²) in [6, 6.07) is 8.57. The lowest BCUT2D eigenvalue weighted by Gasteiger charge is -2.17. The van der Waals surface area contributed by atoms with Crippen LogP contribution in [0.3, 0.4) is 0 Å². The van der Waals surface area contributed by atoms with Crippen LogP contribution < -0.4 is 21.5 Å². The highest BCUT2D eigenvalue weighted by molar-refractivity contribution is 7.12. The number of hydrogen-bond donors (Lipinski definition) is 3. The highest BCUT2D eigenvalue weighted by atomic mass is 32.1. The first-order valence-electron chi connectivity index (χ1n) is 8.75. The molecule has 0 spiro atoms. The third-order valence-corrected chi connectivity index (χ3v) is 5.68. The number of quaternary nitrogens is 1. The number of para-hydroxylation sites is 1. The number of nitrogens with two attached hydrogens (primary N) is 1. The standard InChI is InChI=1S/C20H21N3O4S/c1-10-8-9-14(28-10)11(2)21-15-16(19(26)18(15)25)22-13-7-5-6-12(17(13)24)20(27)23(3)4/h5-9,11,21-22,24H,1-4H3/p+1. The number of benzene rings is 1. The van der Waals surface area contributed by atoms with Crippen molar-refractivity contribution in [2.75, 3.05) is 19.4 Å². The third kappa shape index (κ3) is 3.56. The number of nitrogens with zero attached hydrogens (tertiary/aromatic N) is 1. The predicted octanol–water partition coefficient (Wildman–Crippen LogP) is 1.76. The van der Waals surface area contributed by atoms with Gasteiger partial charge in [-0.25, -0.2) is 0 Å². The summed E-state index contributed by atoms with van der Waals surface area (Å²) in [4.78, 5) is 39.9. The van der Waals surface area contributed by atoms with E-state index in [1.54, 1.807) is 37.6 Å². The van der Waals surface area contributed by atoms with Gasteiger partial charge in [0, 0.05) is 29.9 Å². The Morgan fingerprint density at radius 3 is 2.50 bits per heavy atom. The summed E-state index contributed by atoms with van der Waals surface area (Å²) in [6.07, 6.45) is 0. The summed E-state index contributed by atoms with van der Waals surface area (Å²) in [5, 5.41) is 15.0. The fourth-order valence-corrected chi connectivity index (χ4v) is 3.79. The second-order valence-corrected chi connectivity index (χ2v) is 8.17. The Morgan fingerprint density at radius 1 is 1.18 bits per heavy atom. The molecule has 0 fully saturated rings. The minimum atomic E-state index is -0.610. The van der Waals surface area contributed by atoms with E-state index in [1.807, 2.05) is 26.0 Å². The van der Waals surface area contributed by atoms with Crippen molar-refractivity contribution in [1.82, 2.24) is 4.90 Å². The number of carbonyl (C=O) groups is 1. The van der Waals surface area contributed by atoms with Gasteiger partial charge in [-0.05, 0) is 32.0 Å². The van der Waals surface area contributed by atoms with Crippen molar-refractivity contribution in [3.8, 4) is 5.75 Å². The van der Waals surface area contributed by atoms with E-state index in [-0.39, 0.29) is 34.6 Å². The van der Waals surface area contributed by atoms with E-state index in [0.29, 0.717) is 5.69 Å². The summed E-state index contributed by atoms with van der Waals surface area (Å²) >= 11 is 1.62. The predicted molar refractivity (Wildman–Crippen MR) is 110 cm³/mol. The van der Waals surface area contributed by atoms with E-state index in [0.717, 1.165) is 9.75 Å². The lowest BCUT2D eigenvalue weighted by atomic mass is 10.1. The first-order chi connectivity index (χ1) is 13.2. The molecule has 1 aromatic heterocycles. The van der Waals surface area contributed by atoms with Gasteiger partial charge in [-0.15, -0.1) is 11.3 Å². The molecule has 4 N–H and O–H groups in total. The molecule has 0 saturated heterocycles. The Balaban J connectivity index is 1.88. The molecule has 2 aromatic carbocycles. The van der Waals surface area contributed by atoms with Crippen LogP contribution in [-0.2, 0) is 0 Å². The van der Waals surface area contributed by atoms with Crippen LogP contribution in [-0.4, -0.2) is 30.0 Å². The van der Waals surface area contributed by atoms with Gasteiger partial charge in [0.2, 0.25) is 5.69 Å². The summed E-state index contributed by atoms with van der Waals surface area (Å²) in [5.41, 5.74) is -0.314. The molecule has 1 atom stereocenters. The smallest absolute Gasteiger partial charge is 0.291 e. The maximum absolute atomic E-state index is 12.2. The van der Waals surface area contributed by atoms with Gasteiger partial charge >= 0.3 is 0 Å². The van der Waals surface area contributed by atoms with E-state index in [1.165, 1.54) is 16.3 Å². The van der Waals surface area contributed by atoms with Gasteiger partial charge in [0.25, 0.3) is 16.8 Å². The Labute approximate surface area is 165 Å². The van der Waals surface area contributed by atoms with Crippen molar-refractivity contribution in [2.45, 2.75) is 19.9 Å². The normalized spacial score (nSPS) is 12.1. The number of amides is 1. The van der Waals surface area contributed by atoms with Crippen molar-refractivity contribution >= 4 is 34.3 Å². The monoisotopic (exact) mass is 400 g/mol. The zero-order valence-corrected chi connectivity index (χ0v) is 16.9. The number of carbonyl (C=O) groups excluding carboxylic acids is 1. The molecule has 0 bridgehead atoms. The third-order valence-electron chi connectivity index (χ3n) is 4.50. The number of phenols is 1. The molecule has 0 aliphatic carbocycles. The Kier molecular flexibility index (Phi) is 5.35. The highest BCUT2D eigenvalue weighted by Gasteiger charge is 2.29. The average molecular weight is 400 g/mol. The largest absolute Gasteiger partial charge is 0.502 e. The highest BCUT2D eigenvalue weighted by Crippen LogP contribution is 2.28. The van der Waals surface area contributed by atoms with Gasteiger partial charge in [-0.2, -0.15) is 0 Å². The molecule has 1 amide bonds. The second-order valence-electron chi connectivity index (χ2n) is 6.85. The zero-order chi connectivity index (χ0) is 20.6. The molecular formula is C20H22N3O4S+. The number of hydrogen-bond acceptors (Lipinski definition) is 6. The van der Waals surface area contributed by atoms with E-state index in [2.05, 4.69) is 5.32 Å². The number of aromatic hydroxyl groups is 1. The first-order valence-corrected chi connectivity index (χ1v) is 9.57. The van der Waals surface area contributed by atoms with Crippen LogP contribution in [0, 0.1) is 6.92 Å². The number of nitrogens with one attached hydrogen (secondary N) is 1. The van der Waals surface area contributed by atoms with Gasteiger partial charge < -0.3 is 15.3 Å². The fourth-order valence-electron chi connectivity index (χ4n) is 2.91. The van der Waals surface area contributed by atoms with E-state index in [4.69, 9.17) is 0 Å². The SMILES string of the molecule is Cc1ccc(C(C)Nc2c([NH2+]c3cccc(C(=O)N(C)C)c3O)c(=O)c2=O)s1. The average Bonchev–Trinajstić information content (AvgIpc) is 3.11. The van der Waals surface area contributed by atoms with Gasteiger partial charge in [-0.3, -0.25) is 19.7 Å². The molecule has 1 unspecified atom stereocenters. The Bertz CT molecular complexity index is 1110. The van der Waals surface area contributed by atoms with Crippen molar-refractivity contribution in [1.29, 1.82) is 0 Å². The molecule has 0 aliphatic rings. The van der Waals surface area contributed by atoms with Crippen LogP contribution >= 0.6 is 11.3 Å². The summed E-state index contributed by atoms with van der Waals surface area (Å²) in [6.45, 7) is 3.92. The molecule has 1 heterocycles. The number of thiophene rings is 1. The van der Waals surface area contributed by atoms with Crippen molar-refractivity contribution in [3.63, 3.8) is 0 Å². The van der Waals surface area contributed by atoms with E-state index < -0.39 is 10.9 Å². The van der Waals surface area contributed by atoms with Gasteiger partial charge in [0.15, 0.2) is 17.1 Å².